The summed E-state index contributed by atoms with van der Waals surface area (Å²) in [7, 11) is 4.77. The van der Waals surface area contributed by atoms with Gasteiger partial charge in [-0.2, -0.15) is 5.26 Å². The average Bonchev–Trinajstić information content (AvgIpc) is 2.91. The van der Waals surface area contributed by atoms with E-state index in [0.717, 1.165) is 5.56 Å². The second-order valence-electron chi connectivity index (χ2n) is 4.60. The van der Waals surface area contributed by atoms with Crippen LogP contribution < -0.4 is 9.47 Å². The molecule has 0 bridgehead atoms. The van der Waals surface area contributed by atoms with Crippen LogP contribution in [0.25, 0.3) is 0 Å². The summed E-state index contributed by atoms with van der Waals surface area (Å²) in [6, 6.07) is 8.60. The van der Waals surface area contributed by atoms with Crippen molar-refractivity contribution in [2.24, 2.45) is 7.05 Å². The molecule has 2 aromatic rings. The van der Waals surface area contributed by atoms with Gasteiger partial charge in [-0.1, -0.05) is 0 Å². The molecule has 0 aliphatic heterocycles. The van der Waals surface area contributed by atoms with E-state index in [4.69, 9.17) is 19.5 Å². The van der Waals surface area contributed by atoms with Gasteiger partial charge in [-0.3, -0.25) is 0 Å². The van der Waals surface area contributed by atoms with Crippen LogP contribution in [0.2, 0.25) is 0 Å². The fourth-order valence-corrected chi connectivity index (χ4v) is 2.02. The molecule has 2 rings (SSSR count). The van der Waals surface area contributed by atoms with Crippen LogP contribution >= 0.6 is 0 Å². The summed E-state index contributed by atoms with van der Waals surface area (Å²) in [5, 5.41) is 8.90. The van der Waals surface area contributed by atoms with Crippen LogP contribution in [-0.4, -0.2) is 24.8 Å². The summed E-state index contributed by atoms with van der Waals surface area (Å²) in [5.41, 5.74) is 1.58. The molecule has 6 nitrogen and oxygen atoms in total. The third-order valence-electron chi connectivity index (χ3n) is 3.17. The van der Waals surface area contributed by atoms with Crippen molar-refractivity contribution in [3.8, 4) is 17.6 Å². The van der Waals surface area contributed by atoms with E-state index in [1.807, 2.05) is 0 Å². The SMILES string of the molecule is COc1ccc(C(=O)OCc2cc(C#N)n(C)c2)c(OC)c1. The van der Waals surface area contributed by atoms with Crippen molar-refractivity contribution in [2.45, 2.75) is 6.61 Å². The van der Waals surface area contributed by atoms with Gasteiger partial charge in [0.1, 0.15) is 35.4 Å². The zero-order valence-electron chi connectivity index (χ0n) is 12.6. The summed E-state index contributed by atoms with van der Waals surface area (Å²) < 4.78 is 17.2. The summed E-state index contributed by atoms with van der Waals surface area (Å²) >= 11 is 0. The molecule has 1 heterocycles. The Bertz CT molecular complexity index is 728. The Morgan fingerprint density at radius 2 is 2.05 bits per heavy atom. The number of methoxy groups -OCH3 is 2. The molecule has 0 aliphatic rings. The maximum atomic E-state index is 12.1. The normalized spacial score (nSPS) is 9.91. The van der Waals surface area contributed by atoms with Gasteiger partial charge in [0.15, 0.2) is 0 Å². The number of nitriles is 1. The molecule has 0 amide bonds. The van der Waals surface area contributed by atoms with Gasteiger partial charge in [-0.25, -0.2) is 4.79 Å². The van der Waals surface area contributed by atoms with E-state index in [9.17, 15) is 4.79 Å². The number of aromatic nitrogens is 1. The van der Waals surface area contributed by atoms with Crippen molar-refractivity contribution in [2.75, 3.05) is 14.2 Å². The zero-order chi connectivity index (χ0) is 16.1. The Kier molecular flexibility index (Phi) is 4.69. The van der Waals surface area contributed by atoms with Crippen LogP contribution in [0.3, 0.4) is 0 Å². The van der Waals surface area contributed by atoms with Gasteiger partial charge < -0.3 is 18.8 Å². The summed E-state index contributed by atoms with van der Waals surface area (Å²) in [6.45, 7) is 0.0868. The first-order valence-corrected chi connectivity index (χ1v) is 6.53. The topological polar surface area (TPSA) is 73.5 Å². The maximum absolute atomic E-state index is 12.1. The number of hydrogen-bond donors (Lipinski definition) is 0. The third kappa shape index (κ3) is 3.20. The standard InChI is InChI=1S/C16H16N2O4/c1-18-9-11(6-12(18)8-17)10-22-16(19)14-5-4-13(20-2)7-15(14)21-3/h4-7,9H,10H2,1-3H3. The lowest BCUT2D eigenvalue weighted by atomic mass is 10.2. The number of nitrogens with zero attached hydrogens (tertiary/aromatic N) is 2. The zero-order valence-corrected chi connectivity index (χ0v) is 12.6. The number of rotatable bonds is 5. The molecule has 0 atom stereocenters. The fourth-order valence-electron chi connectivity index (χ4n) is 2.02. The minimum absolute atomic E-state index is 0.0868. The third-order valence-corrected chi connectivity index (χ3v) is 3.17. The van der Waals surface area contributed by atoms with E-state index in [2.05, 4.69) is 6.07 Å². The fraction of sp³-hybridized carbons (Fsp3) is 0.250. The van der Waals surface area contributed by atoms with Crippen molar-refractivity contribution < 1.29 is 19.0 Å². The van der Waals surface area contributed by atoms with Crippen molar-refractivity contribution in [3.05, 3.63) is 47.3 Å². The molecule has 0 saturated carbocycles. The molecule has 0 radical (unpaired) electrons. The van der Waals surface area contributed by atoms with Crippen molar-refractivity contribution in [3.63, 3.8) is 0 Å². The first-order valence-electron chi connectivity index (χ1n) is 6.53. The van der Waals surface area contributed by atoms with E-state index >= 15 is 0 Å². The van der Waals surface area contributed by atoms with Gasteiger partial charge in [-0.15, -0.1) is 0 Å². The van der Waals surface area contributed by atoms with Gasteiger partial charge in [0.2, 0.25) is 0 Å². The summed E-state index contributed by atoms with van der Waals surface area (Å²) in [5.74, 6) is 0.479. The minimum Gasteiger partial charge on any atom is -0.497 e. The molecule has 6 heteroatoms. The highest BCUT2D eigenvalue weighted by Gasteiger charge is 2.15. The number of esters is 1. The van der Waals surface area contributed by atoms with E-state index in [-0.39, 0.29) is 6.61 Å². The van der Waals surface area contributed by atoms with Gasteiger partial charge >= 0.3 is 5.97 Å². The monoisotopic (exact) mass is 300 g/mol. The number of carbonyl (C=O) groups is 1. The highest BCUT2D eigenvalue weighted by molar-refractivity contribution is 5.92. The van der Waals surface area contributed by atoms with Crippen LogP contribution in [0.1, 0.15) is 21.6 Å². The average molecular weight is 300 g/mol. The van der Waals surface area contributed by atoms with Crippen LogP contribution in [0.15, 0.2) is 30.5 Å². The number of carbonyl (C=O) groups excluding carboxylic acids is 1. The number of hydrogen-bond acceptors (Lipinski definition) is 5. The molecule has 0 fully saturated rings. The molecule has 0 saturated heterocycles. The Balaban J connectivity index is 2.10. The smallest absolute Gasteiger partial charge is 0.342 e. The first kappa shape index (κ1) is 15.4. The number of benzene rings is 1. The molecule has 0 N–H and O–H groups in total. The van der Waals surface area contributed by atoms with E-state index in [1.54, 1.807) is 42.1 Å². The van der Waals surface area contributed by atoms with E-state index < -0.39 is 5.97 Å². The molecule has 0 aliphatic carbocycles. The predicted molar refractivity (Wildman–Crippen MR) is 78.8 cm³/mol. The van der Waals surface area contributed by atoms with Crippen molar-refractivity contribution >= 4 is 5.97 Å². The molecule has 114 valence electrons. The van der Waals surface area contributed by atoms with Crippen molar-refractivity contribution in [1.29, 1.82) is 5.26 Å². The molecular weight excluding hydrogens is 284 g/mol. The van der Waals surface area contributed by atoms with Crippen LogP contribution in [-0.2, 0) is 18.4 Å². The van der Waals surface area contributed by atoms with Gasteiger partial charge in [-0.05, 0) is 18.2 Å². The molecule has 1 aromatic heterocycles. The highest BCUT2D eigenvalue weighted by atomic mass is 16.5. The van der Waals surface area contributed by atoms with Gasteiger partial charge in [0.25, 0.3) is 0 Å². The highest BCUT2D eigenvalue weighted by Crippen LogP contribution is 2.25. The number of aryl methyl sites for hydroxylation is 1. The lowest BCUT2D eigenvalue weighted by molar-refractivity contribution is 0.0469. The Morgan fingerprint density at radius 3 is 2.64 bits per heavy atom. The quantitative estimate of drug-likeness (QED) is 0.792. The van der Waals surface area contributed by atoms with Crippen LogP contribution in [0.5, 0.6) is 11.5 Å². The molecule has 0 unspecified atom stereocenters. The Hall–Kier alpha value is -2.94. The summed E-state index contributed by atoms with van der Waals surface area (Å²) in [6.07, 6.45) is 1.75. The molecular formula is C16H16N2O4. The summed E-state index contributed by atoms with van der Waals surface area (Å²) in [4.78, 5) is 12.1. The van der Waals surface area contributed by atoms with Crippen LogP contribution in [0, 0.1) is 11.3 Å². The maximum Gasteiger partial charge on any atom is 0.342 e. The Labute approximate surface area is 128 Å². The molecule has 22 heavy (non-hydrogen) atoms. The second-order valence-corrected chi connectivity index (χ2v) is 4.60. The molecule has 0 spiro atoms. The number of ether oxygens (including phenoxy) is 3. The van der Waals surface area contributed by atoms with Gasteiger partial charge in [0.05, 0.1) is 14.2 Å². The van der Waals surface area contributed by atoms with Crippen LogP contribution in [0.4, 0.5) is 0 Å². The largest absolute Gasteiger partial charge is 0.497 e. The lowest BCUT2D eigenvalue weighted by Crippen LogP contribution is -2.07. The van der Waals surface area contributed by atoms with E-state index in [0.29, 0.717) is 22.8 Å². The lowest BCUT2D eigenvalue weighted by Gasteiger charge is -2.09. The molecule has 1 aromatic carbocycles. The van der Waals surface area contributed by atoms with Crippen molar-refractivity contribution in [1.82, 2.24) is 4.57 Å². The Morgan fingerprint density at radius 1 is 1.27 bits per heavy atom. The van der Waals surface area contributed by atoms with Gasteiger partial charge in [0, 0.05) is 24.9 Å². The van der Waals surface area contributed by atoms with E-state index in [1.165, 1.54) is 14.2 Å². The first-order chi connectivity index (χ1) is 10.6. The second kappa shape index (κ2) is 6.68. The predicted octanol–water partition coefficient (Wildman–Crippen LogP) is 2.27. The minimum atomic E-state index is -0.498.